The second-order valence-electron chi connectivity index (χ2n) is 30.4. The summed E-state index contributed by atoms with van der Waals surface area (Å²) in [6.45, 7) is 11.9. The number of unbranched alkanes of at least 4 members (excludes halogenated alkanes) is 46. The summed E-state index contributed by atoms with van der Waals surface area (Å²) in [5.41, 5.74) is 0. The predicted octanol–water partition coefficient (Wildman–Crippen LogP) is 24.1. The molecular weight excluding hydrogens is 1310 g/mol. The van der Waals surface area contributed by atoms with Crippen molar-refractivity contribution in [3.8, 4) is 0 Å². The van der Waals surface area contributed by atoms with E-state index >= 15 is 0 Å². The topological polar surface area (TPSA) is 237 Å². The Morgan fingerprint density at radius 1 is 0.290 bits per heavy atom. The number of esters is 4. The number of ether oxygens (including phenoxy) is 4. The zero-order chi connectivity index (χ0) is 73.7. The molecule has 594 valence electrons. The van der Waals surface area contributed by atoms with Gasteiger partial charge in [0.25, 0.3) is 0 Å². The molecular formula is C81H158O17P2. The van der Waals surface area contributed by atoms with Gasteiger partial charge in [0, 0.05) is 25.7 Å². The molecule has 0 spiro atoms. The Bertz CT molecular complexity index is 1940. The van der Waals surface area contributed by atoms with Gasteiger partial charge in [0.2, 0.25) is 0 Å². The fourth-order valence-electron chi connectivity index (χ4n) is 12.5. The number of hydrogen-bond donors (Lipinski definition) is 3. The van der Waals surface area contributed by atoms with Gasteiger partial charge >= 0.3 is 39.5 Å². The van der Waals surface area contributed by atoms with Gasteiger partial charge in [0.1, 0.15) is 19.3 Å². The van der Waals surface area contributed by atoms with Crippen molar-refractivity contribution < 1.29 is 80.2 Å². The average Bonchev–Trinajstić information content (AvgIpc) is 0.962. The Kier molecular flexibility index (Phi) is 69.9. The van der Waals surface area contributed by atoms with Crippen LogP contribution in [-0.4, -0.2) is 96.7 Å². The zero-order valence-electron chi connectivity index (χ0n) is 65.7. The van der Waals surface area contributed by atoms with E-state index in [1.165, 1.54) is 231 Å². The van der Waals surface area contributed by atoms with Gasteiger partial charge in [-0.3, -0.25) is 37.3 Å². The molecule has 3 unspecified atom stereocenters. The third-order valence-electron chi connectivity index (χ3n) is 19.2. The maximum Gasteiger partial charge on any atom is 0.472 e. The summed E-state index contributed by atoms with van der Waals surface area (Å²) in [6, 6.07) is 0. The second-order valence-corrected chi connectivity index (χ2v) is 33.3. The Balaban J connectivity index is 5.21. The van der Waals surface area contributed by atoms with Gasteiger partial charge < -0.3 is 33.8 Å². The number of phosphoric acid groups is 2. The summed E-state index contributed by atoms with van der Waals surface area (Å²) in [6.07, 6.45) is 59.8. The SMILES string of the molecule is CCCCCCCCCCCCCCCCCCC(=O)OC[C@H](COP(=O)(O)OC[C@@H](O)COP(=O)(O)OC[C@@H](COC(=O)CCCCCCCCCCC(C)C)OC(=O)CCCCCCCCCCC(C)C)OC(=O)CCCCCCCCCCCCCCCCCCCCC(C)CC. The number of phosphoric ester groups is 2. The van der Waals surface area contributed by atoms with Gasteiger partial charge in [-0.25, -0.2) is 9.13 Å². The molecule has 0 aliphatic carbocycles. The highest BCUT2D eigenvalue weighted by Crippen LogP contribution is 2.45. The predicted molar refractivity (Wildman–Crippen MR) is 409 cm³/mol. The van der Waals surface area contributed by atoms with E-state index in [0.29, 0.717) is 25.7 Å². The van der Waals surface area contributed by atoms with E-state index in [2.05, 4.69) is 48.5 Å². The number of carbonyl (C=O) groups is 4. The maximum atomic E-state index is 13.1. The summed E-state index contributed by atoms with van der Waals surface area (Å²) in [5.74, 6) is 0.202. The summed E-state index contributed by atoms with van der Waals surface area (Å²) < 4.78 is 68.7. The van der Waals surface area contributed by atoms with Crippen LogP contribution in [0.1, 0.15) is 421 Å². The first kappa shape index (κ1) is 98.1. The van der Waals surface area contributed by atoms with Crippen LogP contribution in [0.25, 0.3) is 0 Å². The van der Waals surface area contributed by atoms with E-state index in [0.717, 1.165) is 108 Å². The van der Waals surface area contributed by atoms with Gasteiger partial charge in [0.05, 0.1) is 26.4 Å². The van der Waals surface area contributed by atoms with Crippen LogP contribution < -0.4 is 0 Å². The first-order valence-electron chi connectivity index (χ1n) is 41.9. The van der Waals surface area contributed by atoms with Crippen LogP contribution in [0.3, 0.4) is 0 Å². The zero-order valence-corrected chi connectivity index (χ0v) is 67.5. The van der Waals surface area contributed by atoms with Crippen molar-refractivity contribution in [2.24, 2.45) is 17.8 Å². The molecule has 0 aliphatic heterocycles. The molecule has 17 nitrogen and oxygen atoms in total. The highest BCUT2D eigenvalue weighted by atomic mass is 31.2. The van der Waals surface area contributed by atoms with Crippen LogP contribution in [-0.2, 0) is 65.4 Å². The van der Waals surface area contributed by atoms with Crippen LogP contribution in [0.4, 0.5) is 0 Å². The summed E-state index contributed by atoms with van der Waals surface area (Å²) in [5, 5.41) is 10.6. The Labute approximate surface area is 613 Å². The first-order chi connectivity index (χ1) is 48.3. The van der Waals surface area contributed by atoms with Crippen LogP contribution in [0.2, 0.25) is 0 Å². The molecule has 0 saturated carbocycles. The number of carbonyl (C=O) groups excluding carboxylic acids is 4. The summed E-state index contributed by atoms with van der Waals surface area (Å²) in [7, 11) is -9.92. The fraction of sp³-hybridized carbons (Fsp3) is 0.951. The molecule has 0 heterocycles. The maximum absolute atomic E-state index is 13.1. The fourth-order valence-corrected chi connectivity index (χ4v) is 14.0. The Morgan fingerprint density at radius 3 is 0.760 bits per heavy atom. The van der Waals surface area contributed by atoms with Gasteiger partial charge in [-0.2, -0.15) is 0 Å². The van der Waals surface area contributed by atoms with Crippen molar-refractivity contribution in [3.63, 3.8) is 0 Å². The standard InChI is InChI=1S/C81H158O17P2/c1-8-10-11-12-13-14-15-16-17-23-26-29-32-41-48-55-62-78(83)91-68-76(97-80(85)64-57-50-43-33-30-27-24-21-19-18-20-22-25-28-31-40-47-54-61-74(7)9-2)70-95-99(87,88)93-66-75(82)67-94-100(89,90)96-71-77(98-81(86)65-58-51-44-37-35-39-46-53-60-73(5)6)69-92-79(84)63-56-49-42-36-34-38-45-52-59-72(3)4/h72-77,82H,8-71H2,1-7H3,(H,87,88)(H,89,90)/t74?,75-,76-,77-/m1/s1. The van der Waals surface area contributed by atoms with Crippen molar-refractivity contribution in [2.75, 3.05) is 39.6 Å². The molecule has 19 heteroatoms. The minimum absolute atomic E-state index is 0.104. The lowest BCUT2D eigenvalue weighted by Gasteiger charge is -2.21. The van der Waals surface area contributed by atoms with Crippen molar-refractivity contribution in [1.82, 2.24) is 0 Å². The molecule has 0 aromatic carbocycles. The van der Waals surface area contributed by atoms with E-state index in [1.807, 2.05) is 0 Å². The molecule has 0 saturated heterocycles. The highest BCUT2D eigenvalue weighted by Gasteiger charge is 2.30. The van der Waals surface area contributed by atoms with E-state index in [1.54, 1.807) is 0 Å². The minimum Gasteiger partial charge on any atom is -0.462 e. The van der Waals surface area contributed by atoms with Crippen molar-refractivity contribution in [3.05, 3.63) is 0 Å². The summed E-state index contributed by atoms with van der Waals surface area (Å²) in [4.78, 5) is 73.0. The molecule has 0 aromatic heterocycles. The van der Waals surface area contributed by atoms with Gasteiger partial charge in [0.15, 0.2) is 12.2 Å². The largest absolute Gasteiger partial charge is 0.472 e. The number of aliphatic hydroxyl groups excluding tert-OH is 1. The lowest BCUT2D eigenvalue weighted by molar-refractivity contribution is -0.161. The lowest BCUT2D eigenvalue weighted by Crippen LogP contribution is -2.30. The van der Waals surface area contributed by atoms with Crippen LogP contribution in [0.15, 0.2) is 0 Å². The monoisotopic (exact) mass is 1470 g/mol. The Morgan fingerprint density at radius 2 is 0.510 bits per heavy atom. The number of hydrogen-bond acceptors (Lipinski definition) is 15. The Hall–Kier alpha value is -1.94. The lowest BCUT2D eigenvalue weighted by atomic mass is 9.99. The van der Waals surface area contributed by atoms with Crippen molar-refractivity contribution >= 4 is 39.5 Å². The average molecular weight is 1470 g/mol. The summed E-state index contributed by atoms with van der Waals surface area (Å²) >= 11 is 0. The third-order valence-corrected chi connectivity index (χ3v) is 21.1. The molecule has 100 heavy (non-hydrogen) atoms. The second kappa shape index (κ2) is 71.3. The molecule has 0 aromatic rings. The normalized spacial score (nSPS) is 14.2. The molecule has 0 rings (SSSR count). The van der Waals surface area contributed by atoms with E-state index < -0.39 is 97.5 Å². The third kappa shape index (κ3) is 73.0. The molecule has 3 N–H and O–H groups in total. The van der Waals surface area contributed by atoms with Crippen LogP contribution in [0, 0.1) is 17.8 Å². The quantitative estimate of drug-likeness (QED) is 0.0222. The molecule has 0 aliphatic rings. The smallest absolute Gasteiger partial charge is 0.462 e. The molecule has 6 atom stereocenters. The van der Waals surface area contributed by atoms with E-state index in [9.17, 15) is 43.2 Å². The van der Waals surface area contributed by atoms with E-state index in [-0.39, 0.29) is 25.7 Å². The van der Waals surface area contributed by atoms with Gasteiger partial charge in [-0.15, -0.1) is 0 Å². The van der Waals surface area contributed by atoms with Crippen molar-refractivity contribution in [2.45, 2.75) is 439 Å². The van der Waals surface area contributed by atoms with Crippen LogP contribution in [0.5, 0.6) is 0 Å². The molecule has 0 amide bonds. The number of aliphatic hydroxyl groups is 1. The molecule has 0 fully saturated rings. The van der Waals surface area contributed by atoms with Crippen LogP contribution >= 0.6 is 15.6 Å². The van der Waals surface area contributed by atoms with Gasteiger partial charge in [-0.05, 0) is 43.4 Å². The van der Waals surface area contributed by atoms with E-state index in [4.69, 9.17) is 37.0 Å². The number of rotatable bonds is 79. The highest BCUT2D eigenvalue weighted by molar-refractivity contribution is 7.47. The molecule has 0 radical (unpaired) electrons. The molecule has 0 bridgehead atoms. The first-order valence-corrected chi connectivity index (χ1v) is 44.9. The minimum atomic E-state index is -4.96. The van der Waals surface area contributed by atoms with Gasteiger partial charge in [-0.1, -0.05) is 370 Å². The van der Waals surface area contributed by atoms with Crippen molar-refractivity contribution in [1.29, 1.82) is 0 Å².